The van der Waals surface area contributed by atoms with Crippen LogP contribution in [-0.2, 0) is 9.53 Å². The van der Waals surface area contributed by atoms with Crippen LogP contribution in [0.3, 0.4) is 0 Å². The first-order valence-electron chi connectivity index (χ1n) is 4.99. The number of esters is 1. The third kappa shape index (κ3) is 2.84. The zero-order valence-electron chi connectivity index (χ0n) is 8.88. The zero-order chi connectivity index (χ0) is 10.8. The van der Waals surface area contributed by atoms with Crippen molar-refractivity contribution in [1.82, 2.24) is 0 Å². The van der Waals surface area contributed by atoms with Gasteiger partial charge in [-0.05, 0) is 39.5 Å². The second-order valence-corrected chi connectivity index (χ2v) is 4.34. The van der Waals surface area contributed by atoms with Crippen LogP contribution < -0.4 is 0 Å². The molecule has 0 aromatic carbocycles. The third-order valence-electron chi connectivity index (χ3n) is 2.56. The van der Waals surface area contributed by atoms with Gasteiger partial charge in [-0.2, -0.15) is 0 Å². The summed E-state index contributed by atoms with van der Waals surface area (Å²) in [7, 11) is 0. The Kier molecular flexibility index (Phi) is 3.32. The molecule has 1 fully saturated rings. The Morgan fingerprint density at radius 2 is 2.43 bits per heavy atom. The lowest BCUT2D eigenvalue weighted by Crippen LogP contribution is -2.44. The Balaban J connectivity index is 2.39. The monoisotopic (exact) mass is 198 g/mol. The van der Waals surface area contributed by atoms with Crippen LogP contribution in [0.4, 0.5) is 0 Å². The average Bonchev–Trinajstić information content (AvgIpc) is 2.07. The van der Waals surface area contributed by atoms with Gasteiger partial charge in [0.2, 0.25) is 0 Å². The molecule has 0 unspecified atom stereocenters. The van der Waals surface area contributed by atoms with Gasteiger partial charge < -0.3 is 9.84 Å². The van der Waals surface area contributed by atoms with Crippen LogP contribution >= 0.6 is 0 Å². The lowest BCUT2D eigenvalue weighted by atomic mass is 9.93. The smallest absolute Gasteiger partial charge is 0.338 e. The largest absolute Gasteiger partial charge is 0.460 e. The average molecular weight is 198 g/mol. The molecule has 1 aliphatic heterocycles. The van der Waals surface area contributed by atoms with Crippen molar-refractivity contribution in [2.45, 2.75) is 51.2 Å². The first kappa shape index (κ1) is 11.2. The molecule has 0 aromatic heterocycles. The zero-order valence-corrected chi connectivity index (χ0v) is 8.88. The number of cyclic esters (lactones) is 1. The van der Waals surface area contributed by atoms with E-state index >= 15 is 0 Å². The highest BCUT2D eigenvalue weighted by atomic mass is 16.6. The number of rotatable bonds is 3. The predicted octanol–water partition coefficient (Wildman–Crippen LogP) is 1.80. The number of ether oxygens (including phenoxy) is 1. The first-order chi connectivity index (χ1) is 6.42. The van der Waals surface area contributed by atoms with E-state index in [1.54, 1.807) is 0 Å². The van der Waals surface area contributed by atoms with E-state index in [-0.39, 0.29) is 6.10 Å². The predicted molar refractivity (Wildman–Crippen MR) is 53.8 cm³/mol. The molecule has 14 heavy (non-hydrogen) atoms. The molecule has 0 aromatic rings. The van der Waals surface area contributed by atoms with Crippen molar-refractivity contribution in [3.63, 3.8) is 0 Å². The third-order valence-corrected chi connectivity index (χ3v) is 2.56. The van der Waals surface area contributed by atoms with Gasteiger partial charge >= 0.3 is 5.97 Å². The van der Waals surface area contributed by atoms with Crippen molar-refractivity contribution >= 4 is 5.97 Å². The fraction of sp³-hybridized carbons (Fsp3) is 0.727. The summed E-state index contributed by atoms with van der Waals surface area (Å²) in [5, 5.41) is 9.55. The van der Waals surface area contributed by atoms with Crippen LogP contribution in [0.5, 0.6) is 0 Å². The fourth-order valence-corrected chi connectivity index (χ4v) is 1.49. The number of hydrogen-bond donors (Lipinski definition) is 1. The molecule has 1 saturated heterocycles. The Labute approximate surface area is 84.8 Å². The van der Waals surface area contributed by atoms with Gasteiger partial charge in [-0.1, -0.05) is 5.57 Å². The molecule has 3 heteroatoms. The van der Waals surface area contributed by atoms with Crippen LogP contribution in [0, 0.1) is 0 Å². The lowest BCUT2D eigenvalue weighted by Gasteiger charge is -2.31. The van der Waals surface area contributed by atoms with Gasteiger partial charge in [-0.25, -0.2) is 4.79 Å². The highest BCUT2D eigenvalue weighted by Gasteiger charge is 2.38. The lowest BCUT2D eigenvalue weighted by molar-refractivity contribution is -0.180. The van der Waals surface area contributed by atoms with Gasteiger partial charge in [0.15, 0.2) is 5.60 Å². The van der Waals surface area contributed by atoms with Gasteiger partial charge in [0, 0.05) is 0 Å². The van der Waals surface area contributed by atoms with E-state index in [1.807, 2.05) is 6.92 Å². The molecule has 0 radical (unpaired) electrons. The van der Waals surface area contributed by atoms with E-state index in [0.29, 0.717) is 6.42 Å². The van der Waals surface area contributed by atoms with Crippen LogP contribution in [0.1, 0.15) is 39.5 Å². The molecule has 1 N–H and O–H groups in total. The summed E-state index contributed by atoms with van der Waals surface area (Å²) in [4.78, 5) is 11.3. The molecule has 3 nitrogen and oxygen atoms in total. The van der Waals surface area contributed by atoms with Gasteiger partial charge in [0.25, 0.3) is 0 Å². The molecular formula is C11H18O3. The number of aliphatic hydroxyl groups is 1. The molecule has 0 spiro atoms. The quantitative estimate of drug-likeness (QED) is 0.555. The summed E-state index contributed by atoms with van der Waals surface area (Å²) in [6.45, 7) is 7.26. The summed E-state index contributed by atoms with van der Waals surface area (Å²) in [6.07, 6.45) is 2.88. The van der Waals surface area contributed by atoms with Crippen LogP contribution in [0.15, 0.2) is 12.2 Å². The Hall–Kier alpha value is -0.830. The number of carbonyl (C=O) groups excluding carboxylic acids is 1. The van der Waals surface area contributed by atoms with Crippen molar-refractivity contribution < 1.29 is 14.6 Å². The first-order valence-corrected chi connectivity index (χ1v) is 4.99. The van der Waals surface area contributed by atoms with Crippen molar-refractivity contribution in [3.05, 3.63) is 12.2 Å². The molecule has 1 rings (SSSR count). The van der Waals surface area contributed by atoms with E-state index < -0.39 is 11.6 Å². The highest BCUT2D eigenvalue weighted by Crippen LogP contribution is 2.26. The maximum absolute atomic E-state index is 11.3. The van der Waals surface area contributed by atoms with E-state index in [1.165, 1.54) is 6.92 Å². The van der Waals surface area contributed by atoms with E-state index in [2.05, 4.69) is 6.58 Å². The summed E-state index contributed by atoms with van der Waals surface area (Å²) >= 11 is 0. The van der Waals surface area contributed by atoms with E-state index in [9.17, 15) is 9.90 Å². The second kappa shape index (κ2) is 4.13. The molecule has 0 aliphatic carbocycles. The van der Waals surface area contributed by atoms with Crippen molar-refractivity contribution in [2.24, 2.45) is 0 Å². The highest BCUT2D eigenvalue weighted by molar-refractivity contribution is 5.79. The summed E-state index contributed by atoms with van der Waals surface area (Å²) < 4.78 is 5.12. The molecule has 0 bridgehead atoms. The number of hydrogen-bond acceptors (Lipinski definition) is 3. The molecule has 0 amide bonds. The van der Waals surface area contributed by atoms with Crippen LogP contribution in [-0.4, -0.2) is 22.8 Å². The Morgan fingerprint density at radius 1 is 1.79 bits per heavy atom. The minimum atomic E-state index is -1.28. The minimum absolute atomic E-state index is 0.0422. The maximum Gasteiger partial charge on any atom is 0.338 e. The van der Waals surface area contributed by atoms with Crippen molar-refractivity contribution in [1.29, 1.82) is 0 Å². The Morgan fingerprint density at radius 3 is 2.93 bits per heavy atom. The topological polar surface area (TPSA) is 46.5 Å². The van der Waals surface area contributed by atoms with Gasteiger partial charge in [0.05, 0.1) is 0 Å². The number of allylic oxidation sites excluding steroid dienone is 1. The maximum atomic E-state index is 11.3. The van der Waals surface area contributed by atoms with Gasteiger partial charge in [-0.15, -0.1) is 6.58 Å². The minimum Gasteiger partial charge on any atom is -0.460 e. The van der Waals surface area contributed by atoms with E-state index in [4.69, 9.17) is 4.74 Å². The molecule has 2 atom stereocenters. The van der Waals surface area contributed by atoms with Crippen LogP contribution in [0.2, 0.25) is 0 Å². The number of carbonyl (C=O) groups is 1. The molecular weight excluding hydrogens is 180 g/mol. The Bertz CT molecular complexity index is 243. The normalized spacial score (nSPS) is 32.5. The fourth-order valence-electron chi connectivity index (χ4n) is 1.49. The van der Waals surface area contributed by atoms with Crippen molar-refractivity contribution in [2.75, 3.05) is 0 Å². The second-order valence-electron chi connectivity index (χ2n) is 4.34. The summed E-state index contributed by atoms with van der Waals surface area (Å²) in [5.41, 5.74) is -0.182. The van der Waals surface area contributed by atoms with Crippen molar-refractivity contribution in [3.8, 4) is 0 Å². The summed E-state index contributed by atoms with van der Waals surface area (Å²) in [5.74, 6) is -0.490. The molecule has 1 aliphatic rings. The molecule has 1 heterocycles. The molecule has 80 valence electrons. The van der Waals surface area contributed by atoms with E-state index in [0.717, 1.165) is 24.8 Å². The van der Waals surface area contributed by atoms with Crippen LogP contribution in [0.25, 0.3) is 0 Å². The SMILES string of the molecule is C=C(C)CC[C@H]1CC[C@@](C)(O)C(=O)O1. The summed E-state index contributed by atoms with van der Waals surface area (Å²) in [6, 6.07) is 0. The van der Waals surface area contributed by atoms with Gasteiger partial charge in [-0.3, -0.25) is 0 Å². The molecule has 0 saturated carbocycles. The van der Waals surface area contributed by atoms with Gasteiger partial charge in [0.1, 0.15) is 6.10 Å². The standard InChI is InChI=1S/C11H18O3/c1-8(2)4-5-9-6-7-11(3,13)10(12)14-9/h9,13H,1,4-7H2,2-3H3/t9-,11+/m0/s1.